The first kappa shape index (κ1) is 21.7. The second-order valence-electron chi connectivity index (χ2n) is 7.92. The summed E-state index contributed by atoms with van der Waals surface area (Å²) in [5.41, 5.74) is -2.40. The summed E-state index contributed by atoms with van der Waals surface area (Å²) in [6.45, 7) is 5.89. The van der Waals surface area contributed by atoms with E-state index in [2.05, 4.69) is 6.92 Å². The molecule has 0 saturated carbocycles. The van der Waals surface area contributed by atoms with Gasteiger partial charge >= 0.3 is 11.9 Å². The fourth-order valence-corrected chi connectivity index (χ4v) is 4.53. The van der Waals surface area contributed by atoms with E-state index in [-0.39, 0.29) is 5.92 Å². The van der Waals surface area contributed by atoms with Crippen molar-refractivity contribution in [3.05, 3.63) is 12.2 Å². The van der Waals surface area contributed by atoms with Crippen molar-refractivity contribution in [3.8, 4) is 0 Å². The van der Waals surface area contributed by atoms with Crippen LogP contribution in [-0.2, 0) is 9.59 Å². The van der Waals surface area contributed by atoms with Crippen LogP contribution in [0.4, 0.5) is 0 Å². The maximum atomic E-state index is 12.2. The molecule has 0 aliphatic heterocycles. The normalized spacial score (nSPS) is 26.1. The van der Waals surface area contributed by atoms with Gasteiger partial charge in [0.2, 0.25) is 0 Å². The Balaban J connectivity index is 2.76. The summed E-state index contributed by atoms with van der Waals surface area (Å²) in [4.78, 5) is 24.4. The fourth-order valence-electron chi connectivity index (χ4n) is 4.53. The second-order valence-corrected chi connectivity index (χ2v) is 7.92. The maximum Gasteiger partial charge on any atom is 0.311 e. The highest BCUT2D eigenvalue weighted by atomic mass is 16.4. The van der Waals surface area contributed by atoms with Crippen LogP contribution in [0.25, 0.3) is 0 Å². The number of rotatable bonds is 12. The zero-order chi connectivity index (χ0) is 18.9. The van der Waals surface area contributed by atoms with Gasteiger partial charge in [-0.05, 0) is 25.2 Å². The monoisotopic (exact) mass is 352 g/mol. The summed E-state index contributed by atoms with van der Waals surface area (Å²) in [7, 11) is 0. The van der Waals surface area contributed by atoms with E-state index in [9.17, 15) is 19.8 Å². The zero-order valence-corrected chi connectivity index (χ0v) is 16.2. The lowest BCUT2D eigenvalue weighted by atomic mass is 9.51. The van der Waals surface area contributed by atoms with Crippen LogP contribution in [0.1, 0.15) is 91.4 Å². The van der Waals surface area contributed by atoms with Gasteiger partial charge < -0.3 is 10.2 Å². The van der Waals surface area contributed by atoms with Crippen molar-refractivity contribution < 1.29 is 19.8 Å². The van der Waals surface area contributed by atoms with E-state index in [1.54, 1.807) is 0 Å². The molecule has 2 N–H and O–H groups in total. The molecule has 0 radical (unpaired) electrons. The van der Waals surface area contributed by atoms with Crippen LogP contribution in [0, 0.1) is 16.7 Å². The molecule has 4 heteroatoms. The molecule has 2 atom stereocenters. The molecular weight excluding hydrogens is 316 g/mol. The minimum atomic E-state index is -1.21. The Bertz CT molecular complexity index is 469. The predicted molar refractivity (Wildman–Crippen MR) is 101 cm³/mol. The Labute approximate surface area is 152 Å². The average molecular weight is 353 g/mol. The highest BCUT2D eigenvalue weighted by Gasteiger charge is 2.62. The summed E-state index contributed by atoms with van der Waals surface area (Å²) >= 11 is 0. The van der Waals surface area contributed by atoms with Crippen LogP contribution >= 0.6 is 0 Å². The minimum absolute atomic E-state index is 0.222. The molecule has 0 bridgehead atoms. The first-order valence-electron chi connectivity index (χ1n) is 9.97. The largest absolute Gasteiger partial charge is 0.481 e. The van der Waals surface area contributed by atoms with Crippen LogP contribution in [0.15, 0.2) is 12.2 Å². The van der Waals surface area contributed by atoms with Crippen molar-refractivity contribution in [1.29, 1.82) is 0 Å². The van der Waals surface area contributed by atoms with E-state index in [0.717, 1.165) is 19.3 Å². The third kappa shape index (κ3) is 4.65. The Morgan fingerprint density at radius 3 is 1.88 bits per heavy atom. The minimum Gasteiger partial charge on any atom is -0.481 e. The Hall–Kier alpha value is -1.32. The van der Waals surface area contributed by atoms with Gasteiger partial charge in [-0.1, -0.05) is 84.3 Å². The van der Waals surface area contributed by atoms with Gasteiger partial charge in [-0.2, -0.15) is 0 Å². The first-order chi connectivity index (χ1) is 11.8. The molecular formula is C21H36O4. The highest BCUT2D eigenvalue weighted by Crippen LogP contribution is 2.56. The van der Waals surface area contributed by atoms with Gasteiger partial charge in [-0.3, -0.25) is 9.59 Å². The van der Waals surface area contributed by atoms with E-state index in [1.807, 2.05) is 26.0 Å². The number of carbonyl (C=O) groups is 2. The molecule has 4 nitrogen and oxygen atoms in total. The third-order valence-electron chi connectivity index (χ3n) is 6.16. The fraction of sp³-hybridized carbons (Fsp3) is 0.810. The van der Waals surface area contributed by atoms with Gasteiger partial charge in [0.25, 0.3) is 0 Å². The van der Waals surface area contributed by atoms with Crippen LogP contribution in [-0.4, -0.2) is 22.2 Å². The summed E-state index contributed by atoms with van der Waals surface area (Å²) in [5.74, 6) is -2.13. The number of allylic oxidation sites excluding steroid dienone is 2. The van der Waals surface area contributed by atoms with Crippen molar-refractivity contribution in [2.45, 2.75) is 91.4 Å². The molecule has 0 spiro atoms. The van der Waals surface area contributed by atoms with Crippen molar-refractivity contribution in [3.63, 3.8) is 0 Å². The molecule has 0 saturated heterocycles. The summed E-state index contributed by atoms with van der Waals surface area (Å²) < 4.78 is 0. The smallest absolute Gasteiger partial charge is 0.311 e. The van der Waals surface area contributed by atoms with E-state index in [1.165, 1.54) is 32.1 Å². The zero-order valence-electron chi connectivity index (χ0n) is 16.2. The number of hydrogen-bond donors (Lipinski definition) is 2. The number of carboxylic acid groups (broad SMARTS) is 2. The number of aliphatic carboxylic acids is 2. The third-order valence-corrected chi connectivity index (χ3v) is 6.16. The van der Waals surface area contributed by atoms with E-state index >= 15 is 0 Å². The summed E-state index contributed by atoms with van der Waals surface area (Å²) in [5, 5.41) is 20.0. The quantitative estimate of drug-likeness (QED) is 0.351. The lowest BCUT2D eigenvalue weighted by Crippen LogP contribution is -2.56. The molecule has 2 unspecified atom stereocenters. The van der Waals surface area contributed by atoms with Crippen LogP contribution < -0.4 is 0 Å². The molecule has 1 aliphatic rings. The van der Waals surface area contributed by atoms with Crippen molar-refractivity contribution in [1.82, 2.24) is 0 Å². The van der Waals surface area contributed by atoms with Gasteiger partial charge in [0.15, 0.2) is 0 Å². The van der Waals surface area contributed by atoms with Crippen LogP contribution in [0.5, 0.6) is 0 Å². The molecule has 0 fully saturated rings. The molecule has 144 valence electrons. The van der Waals surface area contributed by atoms with E-state index in [4.69, 9.17) is 0 Å². The molecule has 25 heavy (non-hydrogen) atoms. The lowest BCUT2D eigenvalue weighted by Gasteiger charge is -2.49. The average Bonchev–Trinajstić information content (AvgIpc) is 2.56. The van der Waals surface area contributed by atoms with Gasteiger partial charge in [0.1, 0.15) is 0 Å². The highest BCUT2D eigenvalue weighted by molar-refractivity contribution is 5.87. The molecule has 0 aromatic heterocycles. The Kier molecular flexibility index (Phi) is 8.67. The lowest BCUT2D eigenvalue weighted by molar-refractivity contribution is -0.181. The standard InChI is InChI=1S/C21H36O4/c1-4-5-6-7-8-9-10-11-14-20(18(22)23)15-12-13-16-21(20,17(2)3)19(24)25/h12-13,17H,4-11,14-16H2,1-3H3,(H,22,23)(H,24,25). The van der Waals surface area contributed by atoms with E-state index in [0.29, 0.717) is 19.3 Å². The van der Waals surface area contributed by atoms with Crippen LogP contribution in [0.2, 0.25) is 0 Å². The van der Waals surface area contributed by atoms with Crippen LogP contribution in [0.3, 0.4) is 0 Å². The maximum absolute atomic E-state index is 12.2. The topological polar surface area (TPSA) is 74.6 Å². The number of carboxylic acids is 2. The molecule has 1 rings (SSSR count). The van der Waals surface area contributed by atoms with Gasteiger partial charge in [-0.15, -0.1) is 0 Å². The SMILES string of the molecule is CCCCCCCCCCC1(C(=O)O)CC=CCC1(C(=O)O)C(C)C. The summed E-state index contributed by atoms with van der Waals surface area (Å²) in [6, 6.07) is 0. The molecule has 0 heterocycles. The molecule has 0 aromatic carbocycles. The van der Waals surface area contributed by atoms with Gasteiger partial charge in [0, 0.05) is 0 Å². The summed E-state index contributed by atoms with van der Waals surface area (Å²) in [6.07, 6.45) is 13.9. The predicted octanol–water partition coefficient (Wildman–Crippen LogP) is 5.67. The van der Waals surface area contributed by atoms with Gasteiger partial charge in [0.05, 0.1) is 10.8 Å². The number of unbranched alkanes of at least 4 members (excludes halogenated alkanes) is 7. The van der Waals surface area contributed by atoms with Crippen molar-refractivity contribution in [2.24, 2.45) is 16.7 Å². The van der Waals surface area contributed by atoms with Gasteiger partial charge in [-0.25, -0.2) is 0 Å². The molecule has 1 aliphatic carbocycles. The Morgan fingerprint density at radius 2 is 1.40 bits per heavy atom. The van der Waals surface area contributed by atoms with E-state index < -0.39 is 22.8 Å². The first-order valence-corrected chi connectivity index (χ1v) is 9.97. The second kappa shape index (κ2) is 9.98. The van der Waals surface area contributed by atoms with Crippen molar-refractivity contribution in [2.75, 3.05) is 0 Å². The Morgan fingerprint density at radius 1 is 0.880 bits per heavy atom. The molecule has 0 amide bonds. The van der Waals surface area contributed by atoms with Crippen molar-refractivity contribution >= 4 is 11.9 Å². The number of hydrogen-bond acceptors (Lipinski definition) is 2. The molecule has 0 aromatic rings.